The van der Waals surface area contributed by atoms with E-state index >= 15 is 0 Å². The maximum atomic E-state index is 6.78. The molecule has 0 heterocycles. The van der Waals surface area contributed by atoms with Crippen molar-refractivity contribution >= 4 is 58.8 Å². The lowest BCUT2D eigenvalue weighted by atomic mass is 10.1. The van der Waals surface area contributed by atoms with Crippen LogP contribution in [-0.4, -0.2) is 14.5 Å². The first-order valence-corrected chi connectivity index (χ1v) is 18.7. The van der Waals surface area contributed by atoms with Crippen molar-refractivity contribution in [2.45, 2.75) is 52.9 Å². The number of rotatable bonds is 2. The molecule has 2 aromatic rings. The van der Waals surface area contributed by atoms with Crippen molar-refractivity contribution in [1.29, 1.82) is 0 Å². The molecule has 0 aliphatic heterocycles. The molecular weight excluding hydrogens is 460 g/mol. The lowest BCUT2D eigenvalue weighted by Crippen LogP contribution is -2.60. The molecule has 0 nitrogen and oxygen atoms in total. The van der Waals surface area contributed by atoms with E-state index in [1.54, 1.807) is 10.8 Å². The van der Waals surface area contributed by atoms with Gasteiger partial charge in [0.1, 0.15) is 6.90 Å². The Hall–Kier alpha value is -0.876. The van der Waals surface area contributed by atoms with Crippen molar-refractivity contribution in [2.75, 3.05) is 0 Å². The minimum atomic E-state index is -1.60. The zero-order chi connectivity index (χ0) is 20.7. The van der Waals surface area contributed by atoms with Crippen LogP contribution in [-0.2, 0) is 12.8 Å². The molecule has 0 aromatic heterocycles. The number of benzene rings is 2. The maximum absolute atomic E-state index is 6.78. The van der Waals surface area contributed by atoms with Gasteiger partial charge in [-0.2, -0.15) is 11.1 Å². The molecule has 2 aliphatic rings. The number of hydrogen-bond donors (Lipinski definition) is 0. The zero-order valence-corrected chi connectivity index (χ0v) is 22.1. The Morgan fingerprint density at radius 3 is 1.82 bits per heavy atom. The summed E-state index contributed by atoms with van der Waals surface area (Å²) in [6, 6.07) is 13.1. The Kier molecular flexibility index (Phi) is 6.31. The molecule has 0 N–H and O–H groups in total. The second-order valence-corrected chi connectivity index (χ2v) is 28.0. The third-order valence-corrected chi connectivity index (χ3v) is 25.7. The largest absolute Gasteiger partial charge is 0.171 e. The van der Waals surface area contributed by atoms with Crippen LogP contribution in [0.4, 0.5) is 0 Å². The number of hydrogen-bond acceptors (Lipinski definition) is 0. The summed E-state index contributed by atoms with van der Waals surface area (Å²) in [4.78, 5) is 0. The zero-order valence-electron chi connectivity index (χ0n) is 17.8. The molecule has 148 valence electrons. The van der Waals surface area contributed by atoms with E-state index in [4.69, 9.17) is 11.1 Å². The van der Waals surface area contributed by atoms with Crippen LogP contribution in [0.5, 0.6) is 0 Å². The van der Waals surface area contributed by atoms with E-state index in [-0.39, 0.29) is 0 Å². The molecule has 0 saturated carbocycles. The van der Waals surface area contributed by atoms with Gasteiger partial charge in [0, 0.05) is 4.47 Å². The van der Waals surface area contributed by atoms with E-state index in [0.29, 0.717) is 0 Å². The molecule has 4 rings (SSSR count). The lowest BCUT2D eigenvalue weighted by Gasteiger charge is -2.34. The Labute approximate surface area is 185 Å². The third-order valence-electron chi connectivity index (χ3n) is 6.24. The molecule has 0 spiro atoms. The van der Waals surface area contributed by atoms with Crippen molar-refractivity contribution in [3.05, 3.63) is 74.3 Å². The van der Waals surface area contributed by atoms with Crippen molar-refractivity contribution < 1.29 is 0 Å². The predicted octanol–water partition coefficient (Wildman–Crippen LogP) is 7.49. The van der Waals surface area contributed by atoms with Gasteiger partial charge in [-0.1, -0.05) is 101 Å². The Morgan fingerprint density at radius 1 is 0.786 bits per heavy atom. The third kappa shape index (κ3) is 4.33. The average molecular weight is 490 g/mol. The van der Waals surface area contributed by atoms with E-state index in [9.17, 15) is 0 Å². The molecule has 2 aromatic carbocycles. The summed E-state index contributed by atoms with van der Waals surface area (Å²) >= 11 is 10.3. The SMILES string of the molecule is CC1=Cc2cccc(Br)c2C1.CC1=Cc2cccc([Si](C)(C)[Si](C)(C)Cl)c2C1. The van der Waals surface area contributed by atoms with Crippen molar-refractivity contribution in [3.63, 3.8) is 0 Å². The van der Waals surface area contributed by atoms with Gasteiger partial charge in [0.15, 0.2) is 0 Å². The fraction of sp³-hybridized carbons (Fsp3) is 0.333. The van der Waals surface area contributed by atoms with E-state index in [1.165, 1.54) is 32.3 Å². The van der Waals surface area contributed by atoms with Crippen molar-refractivity contribution in [1.82, 2.24) is 0 Å². The molecule has 0 unspecified atom stereocenters. The van der Waals surface area contributed by atoms with E-state index in [0.717, 1.165) is 12.8 Å². The predicted molar refractivity (Wildman–Crippen MR) is 136 cm³/mol. The topological polar surface area (TPSA) is 0 Å². The summed E-state index contributed by atoms with van der Waals surface area (Å²) in [5.41, 5.74) is 8.72. The number of allylic oxidation sites excluding steroid dienone is 2. The van der Waals surface area contributed by atoms with Crippen molar-refractivity contribution in [3.8, 4) is 0 Å². The van der Waals surface area contributed by atoms with Crippen LogP contribution in [0, 0.1) is 0 Å². The highest BCUT2D eigenvalue weighted by Crippen LogP contribution is 2.31. The van der Waals surface area contributed by atoms with Crippen LogP contribution in [0.3, 0.4) is 0 Å². The molecule has 0 fully saturated rings. The summed E-state index contributed by atoms with van der Waals surface area (Å²) in [5, 5.41) is 1.59. The number of fused-ring (bicyclic) bond motifs is 2. The first-order chi connectivity index (χ1) is 13.0. The van der Waals surface area contributed by atoms with E-state index in [2.05, 4.69) is 105 Å². The van der Waals surface area contributed by atoms with Crippen LogP contribution in [0.1, 0.15) is 36.1 Å². The first-order valence-electron chi connectivity index (χ1n) is 9.93. The molecule has 28 heavy (non-hydrogen) atoms. The quantitative estimate of drug-likeness (QED) is 0.303. The van der Waals surface area contributed by atoms with Gasteiger partial charge in [0.2, 0.25) is 0 Å². The summed E-state index contributed by atoms with van der Waals surface area (Å²) in [5.74, 6) is 0. The molecular formula is C24H30BrClSi2. The Balaban J connectivity index is 0.000000176. The summed E-state index contributed by atoms with van der Waals surface area (Å²) in [7, 11) is -1.50. The average Bonchev–Trinajstić information content (AvgIpc) is 3.15. The van der Waals surface area contributed by atoms with Gasteiger partial charge in [0.05, 0.1) is 7.59 Å². The van der Waals surface area contributed by atoms with E-state index < -0.39 is 14.5 Å². The normalized spacial score (nSPS) is 15.3. The Morgan fingerprint density at radius 2 is 1.29 bits per heavy atom. The molecule has 0 amide bonds. The van der Waals surface area contributed by atoms with Crippen LogP contribution in [0.25, 0.3) is 12.2 Å². The molecule has 4 heteroatoms. The highest BCUT2D eigenvalue weighted by molar-refractivity contribution is 9.10. The van der Waals surface area contributed by atoms with Gasteiger partial charge in [-0.05, 0) is 55.0 Å². The smallest absolute Gasteiger partial charge is 0.146 e. The van der Waals surface area contributed by atoms with Gasteiger partial charge in [0.25, 0.3) is 0 Å². The highest BCUT2D eigenvalue weighted by atomic mass is 79.9. The second-order valence-electron chi connectivity index (χ2n) is 9.11. The minimum absolute atomic E-state index is 1.11. The second kappa shape index (κ2) is 8.10. The van der Waals surface area contributed by atoms with Gasteiger partial charge >= 0.3 is 0 Å². The van der Waals surface area contributed by atoms with Gasteiger partial charge < -0.3 is 0 Å². The number of halogens is 2. The van der Waals surface area contributed by atoms with Crippen LogP contribution in [0.2, 0.25) is 26.2 Å². The summed E-state index contributed by atoms with van der Waals surface area (Å²) in [6.45, 7) is 12.3. The molecule has 0 saturated heterocycles. The summed E-state index contributed by atoms with van der Waals surface area (Å²) < 4.78 is 1.24. The fourth-order valence-corrected chi connectivity index (χ4v) is 10.1. The fourth-order valence-electron chi connectivity index (χ4n) is 3.93. The molecule has 0 bridgehead atoms. The maximum Gasteiger partial charge on any atom is 0.146 e. The Bertz CT molecular complexity index is 965. The molecule has 0 atom stereocenters. The monoisotopic (exact) mass is 488 g/mol. The first kappa shape index (κ1) is 21.8. The van der Waals surface area contributed by atoms with Gasteiger partial charge in [-0.3, -0.25) is 0 Å². The van der Waals surface area contributed by atoms with Crippen molar-refractivity contribution in [2.24, 2.45) is 0 Å². The standard InChI is InChI=1S/C14H21ClSi2.C10H9Br/c1-11-9-12-7-6-8-14(13(12)10-11)16(2,3)17(4,5)15;1-7-5-8-3-2-4-10(11)9(8)6-7/h6-9H,10H2,1-5H3;2-5H,6H2,1H3. The van der Waals surface area contributed by atoms with Gasteiger partial charge in [-0.25, -0.2) is 0 Å². The van der Waals surface area contributed by atoms with E-state index in [1.807, 2.05) is 0 Å². The van der Waals surface area contributed by atoms with Crippen LogP contribution >= 0.6 is 27.0 Å². The molecule has 0 radical (unpaired) electrons. The lowest BCUT2D eigenvalue weighted by molar-refractivity contribution is 1.18. The minimum Gasteiger partial charge on any atom is -0.171 e. The summed E-state index contributed by atoms with van der Waals surface area (Å²) in [6.07, 6.45) is 6.81. The van der Waals surface area contributed by atoms with Gasteiger partial charge in [-0.15, -0.1) is 0 Å². The van der Waals surface area contributed by atoms with Crippen LogP contribution < -0.4 is 5.19 Å². The highest BCUT2D eigenvalue weighted by Gasteiger charge is 2.43. The van der Waals surface area contributed by atoms with Crippen LogP contribution in [0.15, 0.2) is 52.0 Å². The molecule has 2 aliphatic carbocycles.